The zero-order valence-corrected chi connectivity index (χ0v) is 19.6. The van der Waals surface area contributed by atoms with E-state index in [1.807, 2.05) is 0 Å². The molecule has 0 atom stereocenters. The number of hydrogen-bond acceptors (Lipinski definition) is 0. The molecule has 6 rings (SSSR count). The van der Waals surface area contributed by atoms with Crippen LogP contribution in [0.15, 0.2) is 109 Å². The Hall–Kier alpha value is -3.42. The fourth-order valence-electron chi connectivity index (χ4n) is 5.48. The molecule has 5 aromatic rings. The van der Waals surface area contributed by atoms with Gasteiger partial charge in [-0.25, -0.2) is 0 Å². The van der Waals surface area contributed by atoms with Crippen LogP contribution in [0.25, 0.3) is 33.0 Å². The molecule has 154 valence electrons. The molecule has 0 fully saturated rings. The molecule has 1 heterocycles. The Bertz CT molecular complexity index is 1450. The van der Waals surface area contributed by atoms with Gasteiger partial charge in [-0.15, -0.1) is 0 Å². The van der Waals surface area contributed by atoms with E-state index in [1.54, 1.807) is 10.4 Å². The molecule has 0 saturated carbocycles. The Morgan fingerprint density at radius 2 is 1.22 bits per heavy atom. The van der Waals surface area contributed by atoms with Gasteiger partial charge in [0.25, 0.3) is 0 Å². The van der Waals surface area contributed by atoms with Gasteiger partial charge in [-0.1, -0.05) is 122 Å². The standard InChI is InChI=1S/C31H26Si/c1-32(2)29-15-6-5-13-28(29)31-25(11-8-16-30(31)32)21-22-17-19-24(20-18-22)27-14-7-10-23-9-3-4-12-26(23)27/h3-20H,21H2,1-2H3. The molecule has 0 radical (unpaired) electrons. The Morgan fingerprint density at radius 3 is 2.09 bits per heavy atom. The van der Waals surface area contributed by atoms with E-state index in [2.05, 4.69) is 122 Å². The first-order valence-corrected chi connectivity index (χ1v) is 14.4. The van der Waals surface area contributed by atoms with Crippen molar-refractivity contribution in [2.75, 3.05) is 0 Å². The molecular formula is C31H26Si. The average molecular weight is 427 g/mol. The average Bonchev–Trinajstić information content (AvgIpc) is 3.07. The fourth-order valence-corrected chi connectivity index (χ4v) is 8.59. The molecule has 0 amide bonds. The quantitative estimate of drug-likeness (QED) is 0.275. The van der Waals surface area contributed by atoms with E-state index in [-0.39, 0.29) is 0 Å². The Balaban J connectivity index is 1.38. The smallest absolute Gasteiger partial charge is 0.0623 e. The van der Waals surface area contributed by atoms with Crippen molar-refractivity contribution in [2.45, 2.75) is 19.5 Å². The van der Waals surface area contributed by atoms with E-state index in [9.17, 15) is 0 Å². The molecule has 1 heteroatoms. The van der Waals surface area contributed by atoms with Crippen LogP contribution in [-0.4, -0.2) is 8.07 Å². The highest BCUT2D eigenvalue weighted by atomic mass is 28.3. The van der Waals surface area contributed by atoms with E-state index in [1.165, 1.54) is 44.2 Å². The first-order valence-electron chi connectivity index (χ1n) is 11.4. The van der Waals surface area contributed by atoms with E-state index in [0.29, 0.717) is 0 Å². The minimum Gasteiger partial charge on any atom is -0.0623 e. The van der Waals surface area contributed by atoms with Gasteiger partial charge in [-0.05, 0) is 60.9 Å². The van der Waals surface area contributed by atoms with Crippen LogP contribution < -0.4 is 10.4 Å². The number of hydrogen-bond donors (Lipinski definition) is 0. The SMILES string of the molecule is C[Si]1(C)c2ccccc2-c2c(Cc3ccc(-c4cccc5ccccc45)cc3)cccc21. The molecule has 5 aromatic carbocycles. The van der Waals surface area contributed by atoms with Crippen molar-refractivity contribution in [3.05, 3.63) is 120 Å². The lowest BCUT2D eigenvalue weighted by molar-refractivity contribution is 1.20. The summed E-state index contributed by atoms with van der Waals surface area (Å²) < 4.78 is 0. The molecule has 0 aliphatic carbocycles. The largest absolute Gasteiger partial charge is 0.113 e. The molecule has 0 aromatic heterocycles. The monoisotopic (exact) mass is 426 g/mol. The van der Waals surface area contributed by atoms with Crippen LogP contribution in [0.1, 0.15) is 11.1 Å². The first kappa shape index (κ1) is 19.3. The minimum absolute atomic E-state index is 0.970. The van der Waals surface area contributed by atoms with Crippen molar-refractivity contribution >= 4 is 29.2 Å². The van der Waals surface area contributed by atoms with Gasteiger partial charge in [0.15, 0.2) is 0 Å². The van der Waals surface area contributed by atoms with E-state index >= 15 is 0 Å². The molecule has 0 bridgehead atoms. The Kier molecular flexibility index (Phi) is 4.41. The van der Waals surface area contributed by atoms with Crippen LogP contribution in [0, 0.1) is 0 Å². The second kappa shape index (κ2) is 7.32. The van der Waals surface area contributed by atoms with Crippen molar-refractivity contribution in [1.82, 2.24) is 0 Å². The van der Waals surface area contributed by atoms with Gasteiger partial charge in [0, 0.05) is 0 Å². The molecule has 0 N–H and O–H groups in total. The third kappa shape index (κ3) is 2.96. The molecule has 0 unspecified atom stereocenters. The zero-order valence-electron chi connectivity index (χ0n) is 18.6. The van der Waals surface area contributed by atoms with Gasteiger partial charge < -0.3 is 0 Å². The van der Waals surface area contributed by atoms with Crippen molar-refractivity contribution in [2.24, 2.45) is 0 Å². The lowest BCUT2D eigenvalue weighted by Crippen LogP contribution is -2.49. The van der Waals surface area contributed by atoms with Crippen LogP contribution in [-0.2, 0) is 6.42 Å². The summed E-state index contributed by atoms with van der Waals surface area (Å²) in [6, 6.07) is 40.4. The van der Waals surface area contributed by atoms with Crippen molar-refractivity contribution < 1.29 is 0 Å². The highest BCUT2D eigenvalue weighted by molar-refractivity contribution is 7.03. The summed E-state index contributed by atoms with van der Waals surface area (Å²) in [5.41, 5.74) is 8.36. The summed E-state index contributed by atoms with van der Waals surface area (Å²) in [6.07, 6.45) is 0.970. The second-order valence-corrected chi connectivity index (χ2v) is 13.7. The predicted molar refractivity (Wildman–Crippen MR) is 141 cm³/mol. The molecule has 1 aliphatic rings. The molecule has 32 heavy (non-hydrogen) atoms. The first-order chi connectivity index (χ1) is 15.6. The van der Waals surface area contributed by atoms with Gasteiger partial charge in [0.05, 0.1) is 0 Å². The van der Waals surface area contributed by atoms with E-state index in [4.69, 9.17) is 0 Å². The number of fused-ring (bicyclic) bond motifs is 4. The van der Waals surface area contributed by atoms with Crippen LogP contribution in [0.2, 0.25) is 13.1 Å². The van der Waals surface area contributed by atoms with Crippen LogP contribution in [0.4, 0.5) is 0 Å². The van der Waals surface area contributed by atoms with Gasteiger partial charge in [-0.3, -0.25) is 0 Å². The normalized spacial score (nSPS) is 13.7. The summed E-state index contributed by atoms with van der Waals surface area (Å²) in [5.74, 6) is 0. The second-order valence-electron chi connectivity index (χ2n) is 9.41. The summed E-state index contributed by atoms with van der Waals surface area (Å²) in [7, 11) is -1.61. The van der Waals surface area contributed by atoms with Gasteiger partial charge in [-0.2, -0.15) is 0 Å². The third-order valence-corrected chi connectivity index (χ3v) is 10.7. The van der Waals surface area contributed by atoms with Crippen molar-refractivity contribution in [3.8, 4) is 22.3 Å². The molecule has 0 nitrogen and oxygen atoms in total. The summed E-state index contributed by atoms with van der Waals surface area (Å²) in [4.78, 5) is 0. The summed E-state index contributed by atoms with van der Waals surface area (Å²) in [6.45, 7) is 4.97. The molecular weight excluding hydrogens is 400 g/mol. The predicted octanol–water partition coefficient (Wildman–Crippen LogP) is 6.90. The summed E-state index contributed by atoms with van der Waals surface area (Å²) >= 11 is 0. The summed E-state index contributed by atoms with van der Waals surface area (Å²) in [5, 5.41) is 5.77. The molecule has 0 saturated heterocycles. The van der Waals surface area contributed by atoms with Gasteiger partial charge in [0.1, 0.15) is 8.07 Å². The van der Waals surface area contributed by atoms with Crippen molar-refractivity contribution in [1.29, 1.82) is 0 Å². The van der Waals surface area contributed by atoms with Crippen LogP contribution >= 0.6 is 0 Å². The van der Waals surface area contributed by atoms with Crippen molar-refractivity contribution in [3.63, 3.8) is 0 Å². The lowest BCUT2D eigenvalue weighted by atomic mass is 9.93. The zero-order chi connectivity index (χ0) is 21.7. The molecule has 0 spiro atoms. The molecule has 1 aliphatic heterocycles. The Labute approximate surface area is 191 Å². The van der Waals surface area contributed by atoms with E-state index in [0.717, 1.165) is 6.42 Å². The number of benzene rings is 5. The number of rotatable bonds is 3. The topological polar surface area (TPSA) is 0 Å². The lowest BCUT2D eigenvalue weighted by Gasteiger charge is -2.19. The van der Waals surface area contributed by atoms with E-state index < -0.39 is 8.07 Å². The minimum atomic E-state index is -1.61. The maximum absolute atomic E-state index is 2.49. The van der Waals surface area contributed by atoms with Crippen LogP contribution in [0.5, 0.6) is 0 Å². The van der Waals surface area contributed by atoms with Crippen LogP contribution in [0.3, 0.4) is 0 Å². The maximum atomic E-state index is 2.49. The maximum Gasteiger partial charge on any atom is 0.113 e. The fraction of sp³-hybridized carbons (Fsp3) is 0.0968. The highest BCUT2D eigenvalue weighted by Crippen LogP contribution is 2.33. The highest BCUT2D eigenvalue weighted by Gasteiger charge is 2.37. The van der Waals surface area contributed by atoms with Gasteiger partial charge in [0.2, 0.25) is 0 Å². The van der Waals surface area contributed by atoms with Gasteiger partial charge >= 0.3 is 0 Å². The Morgan fingerprint density at radius 1 is 0.562 bits per heavy atom. The third-order valence-electron chi connectivity index (χ3n) is 7.14.